The van der Waals surface area contributed by atoms with E-state index in [-0.39, 0.29) is 5.91 Å². The van der Waals surface area contributed by atoms with E-state index in [1.807, 2.05) is 25.1 Å². The van der Waals surface area contributed by atoms with Crippen LogP contribution in [0.25, 0.3) is 11.0 Å². The first-order valence-corrected chi connectivity index (χ1v) is 7.27. The Bertz CT molecular complexity index is 622. The summed E-state index contributed by atoms with van der Waals surface area (Å²) in [7, 11) is 0. The molecule has 0 aliphatic carbocycles. The molecule has 0 saturated heterocycles. The normalized spacial score (nSPS) is 10.8. The second kappa shape index (κ2) is 6.46. The van der Waals surface area contributed by atoms with Gasteiger partial charge in [0, 0.05) is 12.1 Å². The number of rotatable bonds is 5. The smallest absolute Gasteiger partial charge is 0.251 e. The summed E-state index contributed by atoms with van der Waals surface area (Å²) in [6, 6.07) is 5.51. The van der Waals surface area contributed by atoms with Crippen LogP contribution in [0, 0.1) is 0 Å². The monoisotopic (exact) mass is 271 g/mol. The van der Waals surface area contributed by atoms with Gasteiger partial charge in [-0.05, 0) is 37.5 Å². The minimum Gasteiger partial charge on any atom is -0.352 e. The van der Waals surface area contributed by atoms with E-state index >= 15 is 0 Å². The quantitative estimate of drug-likeness (QED) is 0.909. The van der Waals surface area contributed by atoms with Gasteiger partial charge in [0.1, 0.15) is 0 Å². The van der Waals surface area contributed by atoms with Crippen molar-refractivity contribution in [1.82, 2.24) is 15.3 Å². The van der Waals surface area contributed by atoms with Crippen molar-refractivity contribution in [3.63, 3.8) is 0 Å². The molecule has 0 aliphatic rings. The topological polar surface area (TPSA) is 54.9 Å². The molecule has 106 valence electrons. The molecule has 20 heavy (non-hydrogen) atoms. The van der Waals surface area contributed by atoms with Gasteiger partial charge in [0.15, 0.2) is 0 Å². The summed E-state index contributed by atoms with van der Waals surface area (Å²) in [5.41, 5.74) is 4.36. The molecule has 0 bridgehead atoms. The molecule has 4 heteroatoms. The second-order valence-corrected chi connectivity index (χ2v) is 4.78. The Morgan fingerprint density at radius 3 is 2.30 bits per heavy atom. The minimum absolute atomic E-state index is 0.0480. The summed E-state index contributed by atoms with van der Waals surface area (Å²) in [5, 5.41) is 2.88. The average Bonchev–Trinajstić information content (AvgIpc) is 2.50. The predicted molar refractivity (Wildman–Crippen MR) is 80.9 cm³/mol. The van der Waals surface area contributed by atoms with E-state index in [2.05, 4.69) is 29.1 Å². The van der Waals surface area contributed by atoms with E-state index in [4.69, 9.17) is 0 Å². The maximum atomic E-state index is 12.0. The molecule has 2 aromatic rings. The standard InChI is InChI=1S/C16H21N3O/c1-4-9-17-16(20)11-7-8-14-15(10-11)19-13(6-3)12(5-2)18-14/h7-8,10H,4-6,9H2,1-3H3,(H,17,20). The zero-order valence-corrected chi connectivity index (χ0v) is 12.4. The van der Waals surface area contributed by atoms with Gasteiger partial charge in [-0.1, -0.05) is 20.8 Å². The van der Waals surface area contributed by atoms with Gasteiger partial charge < -0.3 is 5.32 Å². The van der Waals surface area contributed by atoms with Crippen molar-refractivity contribution >= 4 is 16.9 Å². The summed E-state index contributed by atoms with van der Waals surface area (Å²) < 4.78 is 0. The highest BCUT2D eigenvalue weighted by Gasteiger charge is 2.09. The molecule has 1 aromatic carbocycles. The molecule has 0 aliphatic heterocycles. The van der Waals surface area contributed by atoms with E-state index in [0.29, 0.717) is 12.1 Å². The van der Waals surface area contributed by atoms with Crippen molar-refractivity contribution in [2.45, 2.75) is 40.0 Å². The molecule has 0 fully saturated rings. The fourth-order valence-corrected chi connectivity index (χ4v) is 2.18. The molecule has 1 N–H and O–H groups in total. The molecule has 2 rings (SSSR count). The van der Waals surface area contributed by atoms with Crippen LogP contribution in [-0.4, -0.2) is 22.4 Å². The molecule has 1 amide bonds. The third kappa shape index (κ3) is 2.95. The van der Waals surface area contributed by atoms with Crippen LogP contribution in [0.3, 0.4) is 0 Å². The molecule has 1 heterocycles. The number of hydrogen-bond donors (Lipinski definition) is 1. The Labute approximate surface area is 119 Å². The molecule has 0 saturated carbocycles. The van der Waals surface area contributed by atoms with Crippen molar-refractivity contribution in [1.29, 1.82) is 0 Å². The highest BCUT2D eigenvalue weighted by molar-refractivity contribution is 5.97. The van der Waals surface area contributed by atoms with Gasteiger partial charge in [-0.15, -0.1) is 0 Å². The molecular weight excluding hydrogens is 250 g/mol. The fourth-order valence-electron chi connectivity index (χ4n) is 2.18. The van der Waals surface area contributed by atoms with E-state index in [0.717, 1.165) is 41.7 Å². The lowest BCUT2D eigenvalue weighted by molar-refractivity contribution is 0.0954. The number of aromatic nitrogens is 2. The van der Waals surface area contributed by atoms with Crippen LogP contribution < -0.4 is 5.32 Å². The van der Waals surface area contributed by atoms with Crippen LogP contribution in [0.5, 0.6) is 0 Å². The number of amides is 1. The average molecular weight is 271 g/mol. The number of aryl methyl sites for hydroxylation is 2. The summed E-state index contributed by atoms with van der Waals surface area (Å²) >= 11 is 0. The molecule has 0 unspecified atom stereocenters. The van der Waals surface area contributed by atoms with Crippen LogP contribution in [0.1, 0.15) is 48.9 Å². The Hall–Kier alpha value is -1.97. The molecular formula is C16H21N3O. The maximum Gasteiger partial charge on any atom is 0.251 e. The lowest BCUT2D eigenvalue weighted by Gasteiger charge is -2.08. The Balaban J connectivity index is 2.40. The zero-order valence-electron chi connectivity index (χ0n) is 12.4. The Morgan fingerprint density at radius 2 is 1.70 bits per heavy atom. The minimum atomic E-state index is -0.0480. The lowest BCUT2D eigenvalue weighted by Crippen LogP contribution is -2.23. The SMILES string of the molecule is CCCNC(=O)c1ccc2nc(CC)c(CC)nc2c1. The highest BCUT2D eigenvalue weighted by atomic mass is 16.1. The first-order valence-electron chi connectivity index (χ1n) is 7.27. The fraction of sp³-hybridized carbons (Fsp3) is 0.438. The Kier molecular flexibility index (Phi) is 4.66. The summed E-state index contributed by atoms with van der Waals surface area (Å²) in [5.74, 6) is -0.0480. The van der Waals surface area contributed by atoms with Crippen LogP contribution in [-0.2, 0) is 12.8 Å². The predicted octanol–water partition coefficient (Wildman–Crippen LogP) is 2.89. The van der Waals surface area contributed by atoms with Gasteiger partial charge in [0.25, 0.3) is 5.91 Å². The third-order valence-corrected chi connectivity index (χ3v) is 3.29. The van der Waals surface area contributed by atoms with Gasteiger partial charge in [-0.25, -0.2) is 9.97 Å². The zero-order chi connectivity index (χ0) is 14.5. The van der Waals surface area contributed by atoms with E-state index < -0.39 is 0 Å². The maximum absolute atomic E-state index is 12.0. The highest BCUT2D eigenvalue weighted by Crippen LogP contribution is 2.16. The van der Waals surface area contributed by atoms with Crippen LogP contribution in [0.15, 0.2) is 18.2 Å². The van der Waals surface area contributed by atoms with Gasteiger partial charge in [0.05, 0.1) is 22.4 Å². The first kappa shape index (κ1) is 14.4. The van der Waals surface area contributed by atoms with Gasteiger partial charge in [0.2, 0.25) is 0 Å². The number of nitrogens with one attached hydrogen (secondary N) is 1. The number of carbonyl (C=O) groups is 1. The second-order valence-electron chi connectivity index (χ2n) is 4.78. The summed E-state index contributed by atoms with van der Waals surface area (Å²) in [4.78, 5) is 21.2. The number of nitrogens with zero attached hydrogens (tertiary/aromatic N) is 2. The summed E-state index contributed by atoms with van der Waals surface area (Å²) in [6.07, 6.45) is 2.67. The van der Waals surface area contributed by atoms with Crippen molar-refractivity contribution in [2.75, 3.05) is 6.54 Å². The lowest BCUT2D eigenvalue weighted by atomic mass is 10.1. The van der Waals surface area contributed by atoms with Gasteiger partial charge in [-0.3, -0.25) is 4.79 Å². The summed E-state index contributed by atoms with van der Waals surface area (Å²) in [6.45, 7) is 6.89. The van der Waals surface area contributed by atoms with Crippen LogP contribution in [0.4, 0.5) is 0 Å². The number of hydrogen-bond acceptors (Lipinski definition) is 3. The molecule has 0 spiro atoms. The molecule has 1 aromatic heterocycles. The van der Waals surface area contributed by atoms with E-state index in [1.54, 1.807) is 0 Å². The van der Waals surface area contributed by atoms with E-state index in [1.165, 1.54) is 0 Å². The molecule has 0 atom stereocenters. The van der Waals surface area contributed by atoms with Gasteiger partial charge >= 0.3 is 0 Å². The van der Waals surface area contributed by atoms with Crippen LogP contribution >= 0.6 is 0 Å². The largest absolute Gasteiger partial charge is 0.352 e. The molecule has 4 nitrogen and oxygen atoms in total. The van der Waals surface area contributed by atoms with Crippen molar-refractivity contribution < 1.29 is 4.79 Å². The van der Waals surface area contributed by atoms with Crippen molar-refractivity contribution in [2.24, 2.45) is 0 Å². The third-order valence-electron chi connectivity index (χ3n) is 3.29. The first-order chi connectivity index (χ1) is 9.69. The van der Waals surface area contributed by atoms with Crippen molar-refractivity contribution in [3.8, 4) is 0 Å². The number of fused-ring (bicyclic) bond motifs is 1. The molecule has 0 radical (unpaired) electrons. The van der Waals surface area contributed by atoms with Crippen LogP contribution in [0.2, 0.25) is 0 Å². The van der Waals surface area contributed by atoms with E-state index in [9.17, 15) is 4.79 Å². The Morgan fingerprint density at radius 1 is 1.05 bits per heavy atom. The number of carbonyl (C=O) groups excluding carboxylic acids is 1. The van der Waals surface area contributed by atoms with Crippen molar-refractivity contribution in [3.05, 3.63) is 35.2 Å². The van der Waals surface area contributed by atoms with Gasteiger partial charge in [-0.2, -0.15) is 0 Å². The number of benzene rings is 1.